The van der Waals surface area contributed by atoms with Crippen molar-refractivity contribution >= 4 is 22.6 Å². The van der Waals surface area contributed by atoms with E-state index in [1.165, 1.54) is 38.2 Å². The lowest BCUT2D eigenvalue weighted by atomic mass is 10.1. The maximum Gasteiger partial charge on any atom is 0.290 e. The monoisotopic (exact) mass is 384 g/mol. The molecule has 1 atom stereocenters. The molecule has 2 aromatic carbocycles. The van der Waals surface area contributed by atoms with Crippen LogP contribution >= 0.6 is 0 Å². The molecule has 144 valence electrons. The Hall–Kier alpha value is -3.75. The zero-order valence-electron chi connectivity index (χ0n) is 15.1. The topological polar surface area (TPSA) is 102 Å². The maximum atomic E-state index is 12.9. The normalized spacial score (nSPS) is 11.7. The summed E-state index contributed by atoms with van der Waals surface area (Å²) in [5.74, 6) is -1.42. The van der Waals surface area contributed by atoms with Crippen LogP contribution in [0.1, 0.15) is 17.4 Å². The van der Waals surface area contributed by atoms with Crippen LogP contribution in [-0.2, 0) is 11.8 Å². The summed E-state index contributed by atoms with van der Waals surface area (Å²) in [5, 5.41) is 4.68. The Kier molecular flexibility index (Phi) is 5.35. The van der Waals surface area contributed by atoms with Gasteiger partial charge in [-0.3, -0.25) is 25.2 Å². The molecule has 0 fully saturated rings. The average molecular weight is 384 g/mol. The molecule has 8 nitrogen and oxygen atoms in total. The number of carbonyl (C=O) groups excluding carboxylic acids is 2. The third-order valence-electron chi connectivity index (χ3n) is 3.97. The molecule has 2 N–H and O–H groups in total. The third-order valence-corrected chi connectivity index (χ3v) is 3.97. The first-order valence-electron chi connectivity index (χ1n) is 8.35. The van der Waals surface area contributed by atoms with Gasteiger partial charge in [-0.15, -0.1) is 0 Å². The molecule has 0 bridgehead atoms. The van der Waals surface area contributed by atoms with Crippen LogP contribution in [0.3, 0.4) is 0 Å². The van der Waals surface area contributed by atoms with Crippen molar-refractivity contribution in [2.24, 2.45) is 7.05 Å². The second-order valence-corrected chi connectivity index (χ2v) is 5.98. The number of halogens is 1. The second kappa shape index (κ2) is 7.87. The van der Waals surface area contributed by atoms with Gasteiger partial charge in [-0.1, -0.05) is 18.2 Å². The number of aryl methyl sites for hydroxylation is 1. The van der Waals surface area contributed by atoms with Gasteiger partial charge in [0.25, 0.3) is 17.4 Å². The molecule has 3 rings (SSSR count). The molecule has 0 aliphatic carbocycles. The number of hydrazine groups is 1. The number of hydrogen-bond donors (Lipinski definition) is 2. The van der Waals surface area contributed by atoms with E-state index >= 15 is 0 Å². The SMILES string of the molecule is C[C@H](Oc1ccc(F)cc1)C(=O)NNC(=O)c1nn(C)c(=O)c2ccccc12. The average Bonchev–Trinajstić information content (AvgIpc) is 2.70. The standard InChI is InChI=1S/C19H17FN4O4/c1-11(28-13-9-7-12(20)8-10-13)17(25)21-22-18(26)16-14-5-3-4-6-15(14)19(27)24(2)23-16/h3-11H,1-2H3,(H,21,25)(H,22,26)/t11-/m0/s1. The van der Waals surface area contributed by atoms with Gasteiger partial charge in [-0.05, 0) is 37.3 Å². The fourth-order valence-corrected chi connectivity index (χ4v) is 2.52. The summed E-state index contributed by atoms with van der Waals surface area (Å²) in [4.78, 5) is 36.7. The van der Waals surface area contributed by atoms with E-state index in [-0.39, 0.29) is 11.3 Å². The smallest absolute Gasteiger partial charge is 0.290 e. The molecule has 28 heavy (non-hydrogen) atoms. The fourth-order valence-electron chi connectivity index (χ4n) is 2.52. The molecule has 0 aliphatic heterocycles. The number of rotatable bonds is 4. The van der Waals surface area contributed by atoms with E-state index in [4.69, 9.17) is 4.74 Å². The zero-order chi connectivity index (χ0) is 20.3. The first kappa shape index (κ1) is 19.0. The predicted molar refractivity (Wildman–Crippen MR) is 99.1 cm³/mol. The van der Waals surface area contributed by atoms with Gasteiger partial charge in [-0.25, -0.2) is 9.07 Å². The van der Waals surface area contributed by atoms with Crippen LogP contribution in [0.2, 0.25) is 0 Å². The largest absolute Gasteiger partial charge is 0.481 e. The van der Waals surface area contributed by atoms with E-state index in [2.05, 4.69) is 16.0 Å². The van der Waals surface area contributed by atoms with Gasteiger partial charge in [0.1, 0.15) is 11.6 Å². The molecule has 0 spiro atoms. The highest BCUT2D eigenvalue weighted by atomic mass is 19.1. The Morgan fingerprint density at radius 1 is 1.07 bits per heavy atom. The molecule has 2 amide bonds. The quantitative estimate of drug-likeness (QED) is 0.660. The Labute approximate surface area is 158 Å². The van der Waals surface area contributed by atoms with Crippen LogP contribution in [-0.4, -0.2) is 27.7 Å². The van der Waals surface area contributed by atoms with Crippen LogP contribution in [0.15, 0.2) is 53.3 Å². The zero-order valence-corrected chi connectivity index (χ0v) is 15.1. The predicted octanol–water partition coefficient (Wildman–Crippen LogP) is 1.30. The number of carbonyl (C=O) groups is 2. The first-order chi connectivity index (χ1) is 13.4. The number of ether oxygens (including phenoxy) is 1. The number of fused-ring (bicyclic) bond motifs is 1. The molecule has 0 radical (unpaired) electrons. The summed E-state index contributed by atoms with van der Waals surface area (Å²) in [6.45, 7) is 1.48. The number of amides is 2. The van der Waals surface area contributed by atoms with E-state index in [9.17, 15) is 18.8 Å². The van der Waals surface area contributed by atoms with Crippen molar-refractivity contribution in [2.45, 2.75) is 13.0 Å². The van der Waals surface area contributed by atoms with Gasteiger partial charge >= 0.3 is 0 Å². The summed E-state index contributed by atoms with van der Waals surface area (Å²) in [6, 6.07) is 11.7. The molecule has 0 saturated carbocycles. The number of nitrogens with zero attached hydrogens (tertiary/aromatic N) is 2. The van der Waals surface area contributed by atoms with Crippen LogP contribution < -0.4 is 21.1 Å². The third kappa shape index (κ3) is 3.98. The van der Waals surface area contributed by atoms with Crippen molar-refractivity contribution in [3.05, 3.63) is 70.4 Å². The summed E-state index contributed by atoms with van der Waals surface area (Å²) in [6.07, 6.45) is -0.949. The van der Waals surface area contributed by atoms with Crippen LogP contribution in [0.25, 0.3) is 10.8 Å². The van der Waals surface area contributed by atoms with Crippen molar-refractivity contribution < 1.29 is 18.7 Å². The van der Waals surface area contributed by atoms with E-state index in [1.54, 1.807) is 24.3 Å². The minimum absolute atomic E-state index is 0.00916. The minimum Gasteiger partial charge on any atom is -0.481 e. The number of nitrogens with one attached hydrogen (secondary N) is 2. The van der Waals surface area contributed by atoms with Gasteiger partial charge in [0, 0.05) is 12.4 Å². The molecule has 9 heteroatoms. The number of benzene rings is 2. The van der Waals surface area contributed by atoms with E-state index < -0.39 is 23.7 Å². The van der Waals surface area contributed by atoms with Gasteiger partial charge in [0.2, 0.25) is 0 Å². The highest BCUT2D eigenvalue weighted by Crippen LogP contribution is 2.14. The maximum absolute atomic E-state index is 12.9. The summed E-state index contributed by atoms with van der Waals surface area (Å²) in [7, 11) is 1.43. The van der Waals surface area contributed by atoms with E-state index in [0.29, 0.717) is 16.5 Å². The Bertz CT molecular complexity index is 1100. The Morgan fingerprint density at radius 3 is 2.39 bits per heavy atom. The van der Waals surface area contributed by atoms with Crippen molar-refractivity contribution in [1.29, 1.82) is 0 Å². The number of aromatic nitrogens is 2. The van der Waals surface area contributed by atoms with Crippen LogP contribution in [0, 0.1) is 5.82 Å². The first-order valence-corrected chi connectivity index (χ1v) is 8.35. The summed E-state index contributed by atoms with van der Waals surface area (Å²) >= 11 is 0. The Morgan fingerprint density at radius 2 is 1.71 bits per heavy atom. The van der Waals surface area contributed by atoms with Crippen molar-refractivity contribution in [2.75, 3.05) is 0 Å². The molecule has 1 heterocycles. The van der Waals surface area contributed by atoms with Gasteiger partial charge in [0.15, 0.2) is 11.8 Å². The highest BCUT2D eigenvalue weighted by molar-refractivity contribution is 6.05. The molecule has 1 aromatic heterocycles. The summed E-state index contributed by atoms with van der Waals surface area (Å²) < 4.78 is 19.3. The van der Waals surface area contributed by atoms with Gasteiger partial charge in [-0.2, -0.15) is 5.10 Å². The fraction of sp³-hybridized carbons (Fsp3) is 0.158. The molecular weight excluding hydrogens is 367 g/mol. The second-order valence-electron chi connectivity index (χ2n) is 5.98. The van der Waals surface area contributed by atoms with Crippen molar-refractivity contribution in [1.82, 2.24) is 20.6 Å². The lowest BCUT2D eigenvalue weighted by Gasteiger charge is -2.15. The number of hydrogen-bond acceptors (Lipinski definition) is 5. The minimum atomic E-state index is -0.949. The molecule has 3 aromatic rings. The van der Waals surface area contributed by atoms with E-state index in [0.717, 1.165) is 4.68 Å². The summed E-state index contributed by atoms with van der Waals surface area (Å²) in [5.41, 5.74) is 4.16. The lowest BCUT2D eigenvalue weighted by Crippen LogP contribution is -2.47. The lowest BCUT2D eigenvalue weighted by molar-refractivity contribution is -0.128. The van der Waals surface area contributed by atoms with Crippen LogP contribution in [0.5, 0.6) is 5.75 Å². The van der Waals surface area contributed by atoms with Crippen LogP contribution in [0.4, 0.5) is 4.39 Å². The Balaban J connectivity index is 1.69. The van der Waals surface area contributed by atoms with E-state index in [1.807, 2.05) is 0 Å². The van der Waals surface area contributed by atoms with Crippen molar-refractivity contribution in [3.8, 4) is 5.75 Å². The van der Waals surface area contributed by atoms with Gasteiger partial charge < -0.3 is 4.74 Å². The molecule has 0 aliphatic rings. The molecule has 0 saturated heterocycles. The molecular formula is C19H17FN4O4. The van der Waals surface area contributed by atoms with Gasteiger partial charge in [0.05, 0.1) is 5.39 Å². The highest BCUT2D eigenvalue weighted by Gasteiger charge is 2.19. The molecule has 0 unspecified atom stereocenters. The van der Waals surface area contributed by atoms with Crippen molar-refractivity contribution in [3.63, 3.8) is 0 Å².